The summed E-state index contributed by atoms with van der Waals surface area (Å²) < 4.78 is 0. The molecule has 1 aromatic heterocycles. The molecule has 0 spiro atoms. The maximum Gasteiger partial charge on any atom is 0.0965 e. The quantitative estimate of drug-likeness (QED) is 0.889. The van der Waals surface area contributed by atoms with Gasteiger partial charge in [0.25, 0.3) is 0 Å². The second-order valence-electron chi connectivity index (χ2n) is 6.67. The SMILES string of the molecule is CC(CNC1CCC(C)(C)CC1C)c1nccs1. The van der Waals surface area contributed by atoms with E-state index in [-0.39, 0.29) is 0 Å². The Bertz CT molecular complexity index is 359. The van der Waals surface area contributed by atoms with Gasteiger partial charge in [-0.1, -0.05) is 27.7 Å². The number of nitrogens with one attached hydrogen (secondary N) is 1. The lowest BCUT2D eigenvalue weighted by Gasteiger charge is -2.40. The number of hydrogen-bond donors (Lipinski definition) is 1. The zero-order valence-electron chi connectivity index (χ0n) is 12.1. The van der Waals surface area contributed by atoms with E-state index in [9.17, 15) is 0 Å². The van der Waals surface area contributed by atoms with Gasteiger partial charge < -0.3 is 5.32 Å². The van der Waals surface area contributed by atoms with Crippen LogP contribution in [0, 0.1) is 11.3 Å². The monoisotopic (exact) mass is 266 g/mol. The second kappa shape index (κ2) is 5.70. The van der Waals surface area contributed by atoms with Crippen molar-refractivity contribution in [3.63, 3.8) is 0 Å². The highest BCUT2D eigenvalue weighted by atomic mass is 32.1. The molecule has 1 fully saturated rings. The van der Waals surface area contributed by atoms with E-state index in [2.05, 4.69) is 43.4 Å². The fourth-order valence-electron chi connectivity index (χ4n) is 3.14. The van der Waals surface area contributed by atoms with E-state index in [1.807, 2.05) is 6.20 Å². The van der Waals surface area contributed by atoms with Crippen molar-refractivity contribution in [2.45, 2.75) is 58.9 Å². The molecule has 1 heterocycles. The minimum absolute atomic E-state index is 0.534. The molecule has 0 bridgehead atoms. The number of nitrogens with zero attached hydrogens (tertiary/aromatic N) is 1. The molecule has 2 rings (SSSR count). The van der Waals surface area contributed by atoms with Crippen molar-refractivity contribution >= 4 is 11.3 Å². The molecule has 3 atom stereocenters. The molecule has 18 heavy (non-hydrogen) atoms. The molecular formula is C15H26N2S. The van der Waals surface area contributed by atoms with E-state index in [1.54, 1.807) is 11.3 Å². The first-order valence-electron chi connectivity index (χ1n) is 7.11. The zero-order chi connectivity index (χ0) is 13.2. The highest BCUT2D eigenvalue weighted by molar-refractivity contribution is 7.09. The third kappa shape index (κ3) is 3.55. The topological polar surface area (TPSA) is 24.9 Å². The molecule has 1 aliphatic carbocycles. The van der Waals surface area contributed by atoms with Gasteiger partial charge >= 0.3 is 0 Å². The lowest BCUT2D eigenvalue weighted by atomic mass is 9.70. The number of rotatable bonds is 4. The Labute approximate surface area is 115 Å². The van der Waals surface area contributed by atoms with Gasteiger partial charge in [0.15, 0.2) is 0 Å². The van der Waals surface area contributed by atoms with Crippen LogP contribution in [-0.2, 0) is 0 Å². The van der Waals surface area contributed by atoms with E-state index in [1.165, 1.54) is 24.3 Å². The average molecular weight is 266 g/mol. The summed E-state index contributed by atoms with van der Waals surface area (Å²) >= 11 is 1.77. The highest BCUT2D eigenvalue weighted by Crippen LogP contribution is 2.38. The molecule has 3 heteroatoms. The third-order valence-electron chi connectivity index (χ3n) is 4.25. The van der Waals surface area contributed by atoms with Gasteiger partial charge in [0.2, 0.25) is 0 Å². The van der Waals surface area contributed by atoms with Crippen LogP contribution in [0.5, 0.6) is 0 Å². The first-order valence-corrected chi connectivity index (χ1v) is 7.99. The minimum atomic E-state index is 0.534. The lowest BCUT2D eigenvalue weighted by molar-refractivity contribution is 0.148. The van der Waals surface area contributed by atoms with E-state index in [0.717, 1.165) is 12.5 Å². The van der Waals surface area contributed by atoms with Crippen LogP contribution in [0.1, 0.15) is 57.9 Å². The highest BCUT2D eigenvalue weighted by Gasteiger charge is 2.32. The van der Waals surface area contributed by atoms with Crippen molar-refractivity contribution in [1.82, 2.24) is 10.3 Å². The van der Waals surface area contributed by atoms with Crippen LogP contribution < -0.4 is 5.32 Å². The number of hydrogen-bond acceptors (Lipinski definition) is 3. The van der Waals surface area contributed by atoms with E-state index in [0.29, 0.717) is 17.4 Å². The fraction of sp³-hybridized carbons (Fsp3) is 0.800. The Balaban J connectivity index is 1.80. The zero-order valence-corrected chi connectivity index (χ0v) is 12.9. The van der Waals surface area contributed by atoms with Crippen molar-refractivity contribution in [3.8, 4) is 0 Å². The van der Waals surface area contributed by atoms with Crippen LogP contribution >= 0.6 is 11.3 Å². The lowest BCUT2D eigenvalue weighted by Crippen LogP contribution is -2.42. The standard InChI is InChI=1S/C15H26N2S/c1-11-9-15(3,4)6-5-13(11)17-10-12(2)14-16-7-8-18-14/h7-8,11-13,17H,5-6,9-10H2,1-4H3. The Morgan fingerprint density at radius 1 is 1.56 bits per heavy atom. The van der Waals surface area contributed by atoms with Crippen LogP contribution in [-0.4, -0.2) is 17.6 Å². The van der Waals surface area contributed by atoms with Crippen molar-refractivity contribution < 1.29 is 0 Å². The summed E-state index contributed by atoms with van der Waals surface area (Å²) in [6, 6.07) is 0.695. The van der Waals surface area contributed by atoms with Crippen molar-refractivity contribution in [2.24, 2.45) is 11.3 Å². The van der Waals surface area contributed by atoms with Gasteiger partial charge in [-0.15, -0.1) is 11.3 Å². The predicted molar refractivity (Wildman–Crippen MR) is 79.1 cm³/mol. The maximum absolute atomic E-state index is 4.40. The summed E-state index contributed by atoms with van der Waals surface area (Å²) in [5.41, 5.74) is 0.540. The molecule has 1 saturated carbocycles. The van der Waals surface area contributed by atoms with E-state index >= 15 is 0 Å². The normalized spacial score (nSPS) is 29.1. The molecule has 2 nitrogen and oxygen atoms in total. The first kappa shape index (κ1) is 14.0. The summed E-state index contributed by atoms with van der Waals surface area (Å²) in [5.74, 6) is 1.32. The molecule has 0 aromatic carbocycles. The molecule has 102 valence electrons. The molecule has 1 aromatic rings. The van der Waals surface area contributed by atoms with E-state index in [4.69, 9.17) is 0 Å². The van der Waals surface area contributed by atoms with Crippen LogP contribution in [0.2, 0.25) is 0 Å². The Morgan fingerprint density at radius 3 is 2.94 bits per heavy atom. The Kier molecular flexibility index (Phi) is 4.44. The number of aromatic nitrogens is 1. The van der Waals surface area contributed by atoms with Crippen LogP contribution in [0.3, 0.4) is 0 Å². The number of thiazole rings is 1. The summed E-state index contributed by atoms with van der Waals surface area (Å²) in [5, 5.41) is 7.09. The molecule has 0 aliphatic heterocycles. The molecular weight excluding hydrogens is 240 g/mol. The molecule has 0 amide bonds. The second-order valence-corrected chi connectivity index (χ2v) is 7.60. The van der Waals surface area contributed by atoms with Crippen molar-refractivity contribution in [2.75, 3.05) is 6.54 Å². The van der Waals surface area contributed by atoms with Gasteiger partial charge in [-0.05, 0) is 30.6 Å². The van der Waals surface area contributed by atoms with Gasteiger partial charge in [0.1, 0.15) is 0 Å². The smallest absolute Gasteiger partial charge is 0.0965 e. The largest absolute Gasteiger partial charge is 0.313 e. The molecule has 1 N–H and O–H groups in total. The molecule has 1 aliphatic rings. The molecule has 0 radical (unpaired) electrons. The maximum atomic E-state index is 4.40. The van der Waals surface area contributed by atoms with Gasteiger partial charge in [-0.25, -0.2) is 4.98 Å². The van der Waals surface area contributed by atoms with Crippen LogP contribution in [0.4, 0.5) is 0 Å². The minimum Gasteiger partial charge on any atom is -0.313 e. The summed E-state index contributed by atoms with van der Waals surface area (Å²) in [6.45, 7) is 10.5. The summed E-state index contributed by atoms with van der Waals surface area (Å²) in [4.78, 5) is 4.40. The first-order chi connectivity index (χ1) is 8.48. The van der Waals surface area contributed by atoms with Gasteiger partial charge in [-0.3, -0.25) is 0 Å². The van der Waals surface area contributed by atoms with Gasteiger partial charge in [-0.2, -0.15) is 0 Å². The molecule has 0 saturated heterocycles. The van der Waals surface area contributed by atoms with Crippen LogP contribution in [0.25, 0.3) is 0 Å². The van der Waals surface area contributed by atoms with Crippen molar-refractivity contribution in [3.05, 3.63) is 16.6 Å². The van der Waals surface area contributed by atoms with Gasteiger partial charge in [0.05, 0.1) is 5.01 Å². The van der Waals surface area contributed by atoms with E-state index < -0.39 is 0 Å². The van der Waals surface area contributed by atoms with Crippen LogP contribution in [0.15, 0.2) is 11.6 Å². The Hall–Kier alpha value is -0.410. The summed E-state index contributed by atoms with van der Waals surface area (Å²) in [7, 11) is 0. The van der Waals surface area contributed by atoms with Crippen molar-refractivity contribution in [1.29, 1.82) is 0 Å². The molecule has 3 unspecified atom stereocenters. The Morgan fingerprint density at radius 2 is 2.33 bits per heavy atom. The average Bonchev–Trinajstić information content (AvgIpc) is 2.80. The predicted octanol–water partition coefficient (Wildman–Crippen LogP) is 4.05. The third-order valence-corrected chi connectivity index (χ3v) is 5.26. The summed E-state index contributed by atoms with van der Waals surface area (Å²) in [6.07, 6.45) is 5.91. The fourth-order valence-corrected chi connectivity index (χ4v) is 3.84. The van der Waals surface area contributed by atoms with Gasteiger partial charge in [0, 0.05) is 30.1 Å².